The van der Waals surface area contributed by atoms with E-state index in [0.29, 0.717) is 28.6 Å². The molecule has 1 saturated heterocycles. The summed E-state index contributed by atoms with van der Waals surface area (Å²) in [5, 5.41) is 24.5. The molecule has 0 spiro atoms. The maximum Gasteiger partial charge on any atom is 0.346 e. The summed E-state index contributed by atoms with van der Waals surface area (Å²) in [6.45, 7) is -0.0469. The smallest absolute Gasteiger partial charge is 0.346 e. The zero-order chi connectivity index (χ0) is 29.2. The summed E-state index contributed by atoms with van der Waals surface area (Å²) in [5.41, 5.74) is 3.35. The highest BCUT2D eigenvalue weighted by Crippen LogP contribution is 2.39. The average Bonchev–Trinajstić information content (AvgIpc) is 3.56. The van der Waals surface area contributed by atoms with Crippen LogP contribution in [0.2, 0.25) is 0 Å². The van der Waals surface area contributed by atoms with Crippen LogP contribution in [0.15, 0.2) is 71.9 Å². The number of rotatable bonds is 8. The van der Waals surface area contributed by atoms with Gasteiger partial charge in [0.15, 0.2) is 6.29 Å². The van der Waals surface area contributed by atoms with E-state index in [1.165, 1.54) is 30.0 Å². The van der Waals surface area contributed by atoms with Gasteiger partial charge >= 0.3 is 11.9 Å². The Morgan fingerprint density at radius 3 is 2.60 bits per heavy atom. The van der Waals surface area contributed by atoms with Crippen LogP contribution >= 0.6 is 11.8 Å². The van der Waals surface area contributed by atoms with Gasteiger partial charge in [0.25, 0.3) is 5.91 Å². The third kappa shape index (κ3) is 5.81. The van der Waals surface area contributed by atoms with Crippen LogP contribution in [0.1, 0.15) is 66.6 Å². The van der Waals surface area contributed by atoms with Crippen LogP contribution in [0, 0.1) is 0 Å². The van der Waals surface area contributed by atoms with Gasteiger partial charge in [-0.25, -0.2) is 14.3 Å². The summed E-state index contributed by atoms with van der Waals surface area (Å²) < 4.78 is 19.0. The molecule has 3 aromatic carbocycles. The van der Waals surface area contributed by atoms with E-state index in [-0.39, 0.29) is 35.5 Å². The molecule has 1 unspecified atom stereocenters. The number of carbonyl (C=O) groups excluding carboxylic acids is 3. The first-order chi connectivity index (χ1) is 20.4. The van der Waals surface area contributed by atoms with Crippen LogP contribution < -0.4 is 5.32 Å². The number of cyclic esters (lactones) is 2. The number of aliphatic hydroxyl groups excluding tert-OH is 1. The first kappa shape index (κ1) is 27.7. The maximum absolute atomic E-state index is 13.0. The lowest BCUT2D eigenvalue weighted by Crippen LogP contribution is -2.31. The summed E-state index contributed by atoms with van der Waals surface area (Å²) >= 11 is 1.48. The Morgan fingerprint density at radius 2 is 1.83 bits per heavy atom. The van der Waals surface area contributed by atoms with E-state index in [1.807, 2.05) is 30.3 Å². The van der Waals surface area contributed by atoms with Crippen molar-refractivity contribution in [2.75, 3.05) is 11.1 Å². The van der Waals surface area contributed by atoms with E-state index in [2.05, 4.69) is 25.6 Å². The Bertz CT molecular complexity index is 1660. The molecule has 1 amide bonds. The predicted octanol–water partition coefficient (Wildman–Crippen LogP) is 3.60. The van der Waals surface area contributed by atoms with E-state index in [0.717, 1.165) is 11.1 Å². The first-order valence-corrected chi connectivity index (χ1v) is 14.0. The Hall–Kier alpha value is -4.43. The third-order valence-electron chi connectivity index (χ3n) is 6.92. The molecular weight excluding hydrogens is 562 g/mol. The van der Waals surface area contributed by atoms with E-state index in [9.17, 15) is 19.5 Å². The molecule has 42 heavy (non-hydrogen) atoms. The number of amides is 1. The summed E-state index contributed by atoms with van der Waals surface area (Å²) in [6.07, 6.45) is -0.638. The number of thioether (sulfide) groups is 1. The highest BCUT2D eigenvalue weighted by atomic mass is 32.2. The second-order valence-corrected chi connectivity index (χ2v) is 10.8. The molecule has 2 aliphatic heterocycles. The second-order valence-electron chi connectivity index (χ2n) is 9.76. The number of hydrogen-bond donors (Lipinski definition) is 2. The van der Waals surface area contributed by atoms with Crippen LogP contribution in [0.3, 0.4) is 0 Å². The molecule has 0 bridgehead atoms. The fraction of sp³-hybridized carbons (Fsp3) is 0.241. The lowest BCUT2D eigenvalue weighted by atomic mass is 10.0. The molecule has 214 valence electrons. The van der Waals surface area contributed by atoms with Gasteiger partial charge in [-0.3, -0.25) is 4.79 Å². The van der Waals surface area contributed by atoms with E-state index >= 15 is 0 Å². The number of anilines is 1. The summed E-state index contributed by atoms with van der Waals surface area (Å²) in [4.78, 5) is 36.7. The normalized spacial score (nSPS) is 19.8. The molecule has 1 aromatic heterocycles. The molecule has 3 atom stereocenters. The summed E-state index contributed by atoms with van der Waals surface area (Å²) in [7, 11) is 1.77. The number of fused-ring (bicyclic) bond motifs is 1. The predicted molar refractivity (Wildman–Crippen MR) is 149 cm³/mol. The molecule has 4 aromatic rings. The highest BCUT2D eigenvalue weighted by Gasteiger charge is 2.33. The molecule has 1 fully saturated rings. The number of hydrogen-bond acceptors (Lipinski definition) is 11. The van der Waals surface area contributed by atoms with Crippen LogP contribution in [-0.2, 0) is 27.9 Å². The van der Waals surface area contributed by atoms with Gasteiger partial charge in [-0.15, -0.1) is 5.10 Å². The molecule has 2 aliphatic rings. The highest BCUT2D eigenvalue weighted by molar-refractivity contribution is 7.99. The standard InChI is InChI=1S/C29H25N5O7S/c1-34-29(31-32-33-34)42-15-21-13-24(17-7-5-16(14-35)6-8-17)40-28(39-21)19-3-2-4-20(11-19)30-25(36)18-9-10-22-23(12-18)27(38)41-26(22)37/h2-12,21,24,28,35H,13-15H2,1H3,(H,30,36)/t21-,24+,28?/m0/s1. The van der Waals surface area contributed by atoms with Crippen molar-refractivity contribution in [3.8, 4) is 0 Å². The molecule has 12 nitrogen and oxygen atoms in total. The van der Waals surface area contributed by atoms with Gasteiger partial charge in [-0.05, 0) is 51.9 Å². The van der Waals surface area contributed by atoms with Crippen LogP contribution in [0.5, 0.6) is 0 Å². The molecule has 0 saturated carbocycles. The number of aryl methyl sites for hydroxylation is 1. The van der Waals surface area contributed by atoms with Gasteiger partial charge in [0, 0.05) is 36.0 Å². The Kier molecular flexibility index (Phi) is 7.80. The van der Waals surface area contributed by atoms with Crippen molar-refractivity contribution in [3.63, 3.8) is 0 Å². The maximum atomic E-state index is 13.0. The molecule has 3 heterocycles. The SMILES string of the molecule is Cn1nnnc1SC[C@@H]1C[C@H](c2ccc(CO)cc2)OC(c2cccc(NC(=O)c3ccc4c(c3)C(=O)OC4=O)c2)O1. The van der Waals surface area contributed by atoms with E-state index in [4.69, 9.17) is 9.47 Å². The number of tetrazole rings is 1. The van der Waals surface area contributed by atoms with Crippen LogP contribution in [0.4, 0.5) is 5.69 Å². The number of aliphatic hydroxyl groups is 1. The van der Waals surface area contributed by atoms with Crippen molar-refractivity contribution >= 4 is 35.3 Å². The monoisotopic (exact) mass is 587 g/mol. The number of ether oxygens (including phenoxy) is 3. The van der Waals surface area contributed by atoms with Gasteiger partial charge in [0.1, 0.15) is 0 Å². The minimum atomic E-state index is -0.776. The molecule has 2 N–H and O–H groups in total. The zero-order valence-corrected chi connectivity index (χ0v) is 23.1. The van der Waals surface area contributed by atoms with Crippen LogP contribution in [-0.4, -0.2) is 55.0 Å². The fourth-order valence-electron chi connectivity index (χ4n) is 4.73. The largest absolute Gasteiger partial charge is 0.392 e. The first-order valence-electron chi connectivity index (χ1n) is 13.1. The van der Waals surface area contributed by atoms with Gasteiger partial charge < -0.3 is 24.6 Å². The number of esters is 2. The number of benzene rings is 3. The zero-order valence-electron chi connectivity index (χ0n) is 22.3. The van der Waals surface area contributed by atoms with Crippen molar-refractivity contribution in [1.29, 1.82) is 0 Å². The average molecular weight is 588 g/mol. The number of aromatic nitrogens is 4. The minimum Gasteiger partial charge on any atom is -0.392 e. The Balaban J connectivity index is 1.21. The second kappa shape index (κ2) is 11.8. The Morgan fingerprint density at radius 1 is 1.02 bits per heavy atom. The van der Waals surface area contributed by atoms with Gasteiger partial charge in [-0.2, -0.15) is 0 Å². The van der Waals surface area contributed by atoms with Crippen molar-refractivity contribution in [3.05, 3.63) is 100 Å². The summed E-state index contributed by atoms with van der Waals surface area (Å²) in [5.74, 6) is -1.38. The van der Waals surface area contributed by atoms with Gasteiger partial charge in [0.05, 0.1) is 29.9 Å². The molecule has 0 aliphatic carbocycles. The van der Waals surface area contributed by atoms with Gasteiger partial charge in [0.2, 0.25) is 5.16 Å². The topological polar surface area (TPSA) is 155 Å². The Labute approximate surface area is 244 Å². The lowest BCUT2D eigenvalue weighted by molar-refractivity contribution is -0.245. The molecule has 6 rings (SSSR count). The molecule has 13 heteroatoms. The number of nitrogens with one attached hydrogen (secondary N) is 1. The van der Waals surface area contributed by atoms with Crippen LogP contribution in [0.25, 0.3) is 0 Å². The number of carbonyl (C=O) groups is 3. The van der Waals surface area contributed by atoms with Crippen molar-refractivity contribution in [2.24, 2.45) is 7.05 Å². The van der Waals surface area contributed by atoms with Crippen molar-refractivity contribution in [2.45, 2.75) is 36.7 Å². The fourth-order valence-corrected chi connectivity index (χ4v) is 5.59. The molecule has 0 radical (unpaired) electrons. The van der Waals surface area contributed by atoms with Gasteiger partial charge in [-0.1, -0.05) is 48.2 Å². The minimum absolute atomic E-state index is 0.0469. The van der Waals surface area contributed by atoms with Crippen molar-refractivity contribution < 1.29 is 33.7 Å². The molecular formula is C29H25N5O7S. The number of nitrogens with zero attached hydrogens (tertiary/aromatic N) is 4. The lowest BCUT2D eigenvalue weighted by Gasteiger charge is -2.36. The van der Waals surface area contributed by atoms with E-state index in [1.54, 1.807) is 29.9 Å². The van der Waals surface area contributed by atoms with E-state index < -0.39 is 24.1 Å². The third-order valence-corrected chi connectivity index (χ3v) is 8.06. The van der Waals surface area contributed by atoms with Crippen molar-refractivity contribution in [1.82, 2.24) is 20.2 Å². The summed E-state index contributed by atoms with van der Waals surface area (Å²) in [6, 6.07) is 18.9. The quantitative estimate of drug-likeness (QED) is 0.176.